The maximum atomic E-state index is 11.1. The van der Waals surface area contributed by atoms with Crippen LogP contribution in [0.15, 0.2) is 12.2 Å². The Balaban J connectivity index is 3.47. The van der Waals surface area contributed by atoms with Crippen LogP contribution in [-0.4, -0.2) is 44.7 Å². The highest BCUT2D eigenvalue weighted by atomic mass is 32.2. The molecule has 0 heterocycles. The summed E-state index contributed by atoms with van der Waals surface area (Å²) in [4.78, 5) is 11.1. The van der Waals surface area contributed by atoms with E-state index in [-0.39, 0.29) is 5.97 Å². The van der Waals surface area contributed by atoms with Gasteiger partial charge in [-0.05, 0) is 13.3 Å². The second kappa shape index (κ2) is 11.9. The molecule has 0 bridgehead atoms. The Kier molecular flexibility index (Phi) is 12.0. The smallest absolute Gasteiger partial charge is 0.333 e. The number of thioether (sulfide) groups is 2. The number of ether oxygens (including phenoxy) is 1. The second-order valence-corrected chi connectivity index (χ2v) is 8.13. The Hall–Kier alpha value is 0.110. The zero-order chi connectivity index (χ0) is 14.7. The van der Waals surface area contributed by atoms with Crippen LogP contribution in [0.1, 0.15) is 13.3 Å². The average molecular weight is 343 g/mol. The first kappa shape index (κ1) is 19.1. The van der Waals surface area contributed by atoms with Gasteiger partial charge in [0, 0.05) is 17.1 Å². The molecule has 0 aliphatic carbocycles. The maximum Gasteiger partial charge on any atom is 0.333 e. The van der Waals surface area contributed by atoms with Gasteiger partial charge in [0.1, 0.15) is 10.1 Å². The monoisotopic (exact) mass is 342 g/mol. The fourth-order valence-electron chi connectivity index (χ4n) is 0.840. The standard InChI is InChI=1S/C11H18O4S4/c1-9(2)10(12)15-5-7-18-11(16)17-6-4-8-19(13)14-3/h1,4-8H2,2-3H3. The number of carbonyl (C=O) groups excluding carboxylic acids is 1. The Morgan fingerprint density at radius 3 is 2.58 bits per heavy atom. The summed E-state index contributed by atoms with van der Waals surface area (Å²) < 4.78 is 21.4. The lowest BCUT2D eigenvalue weighted by Gasteiger charge is -2.05. The van der Waals surface area contributed by atoms with Gasteiger partial charge in [0.05, 0.1) is 12.9 Å². The van der Waals surface area contributed by atoms with E-state index < -0.39 is 11.1 Å². The van der Waals surface area contributed by atoms with Crippen LogP contribution in [0.25, 0.3) is 0 Å². The van der Waals surface area contributed by atoms with E-state index in [1.165, 1.54) is 18.9 Å². The minimum Gasteiger partial charge on any atom is -0.461 e. The number of hydrogen-bond acceptors (Lipinski definition) is 7. The van der Waals surface area contributed by atoms with E-state index in [2.05, 4.69) is 10.8 Å². The molecule has 19 heavy (non-hydrogen) atoms. The topological polar surface area (TPSA) is 52.6 Å². The normalized spacial score (nSPS) is 11.9. The molecule has 0 aromatic rings. The van der Waals surface area contributed by atoms with Crippen molar-refractivity contribution in [3.8, 4) is 0 Å². The first-order valence-corrected chi connectivity index (χ1v) is 9.14. The van der Waals surface area contributed by atoms with Gasteiger partial charge in [-0.1, -0.05) is 18.8 Å². The fraction of sp³-hybridized carbons (Fsp3) is 0.636. The van der Waals surface area contributed by atoms with Gasteiger partial charge in [-0.2, -0.15) is 0 Å². The summed E-state index contributed by atoms with van der Waals surface area (Å²) in [7, 11) is 1.43. The number of esters is 1. The molecule has 4 nitrogen and oxygen atoms in total. The van der Waals surface area contributed by atoms with Crippen LogP contribution < -0.4 is 0 Å². The third-order valence-corrected chi connectivity index (χ3v) is 5.49. The molecule has 0 fully saturated rings. The maximum absolute atomic E-state index is 11.1. The molecule has 0 saturated carbocycles. The average Bonchev–Trinajstić information content (AvgIpc) is 2.38. The third kappa shape index (κ3) is 11.6. The third-order valence-electron chi connectivity index (χ3n) is 1.75. The van der Waals surface area contributed by atoms with Crippen molar-refractivity contribution in [1.29, 1.82) is 0 Å². The minimum absolute atomic E-state index is 0.324. The van der Waals surface area contributed by atoms with E-state index in [0.717, 1.165) is 15.7 Å². The molecule has 1 atom stereocenters. The molecule has 0 amide bonds. The summed E-state index contributed by atoms with van der Waals surface area (Å²) in [6.45, 7) is 5.43. The number of rotatable bonds is 9. The summed E-state index contributed by atoms with van der Waals surface area (Å²) in [6.07, 6.45) is 0.788. The highest BCUT2D eigenvalue weighted by molar-refractivity contribution is 8.47. The molecule has 8 heteroatoms. The summed E-state index contributed by atoms with van der Waals surface area (Å²) in [5, 5.41) is 0. The van der Waals surface area contributed by atoms with E-state index in [1.807, 2.05) is 0 Å². The lowest BCUT2D eigenvalue weighted by Crippen LogP contribution is -2.08. The van der Waals surface area contributed by atoms with Gasteiger partial charge in [-0.15, -0.1) is 23.5 Å². The molecule has 0 rings (SSSR count). The van der Waals surface area contributed by atoms with Crippen molar-refractivity contribution in [3.05, 3.63) is 12.2 Å². The van der Waals surface area contributed by atoms with Crippen molar-refractivity contribution in [2.45, 2.75) is 13.3 Å². The molecule has 0 N–H and O–H groups in total. The van der Waals surface area contributed by atoms with Crippen molar-refractivity contribution in [2.75, 3.05) is 31.0 Å². The number of hydrogen-bond donors (Lipinski definition) is 0. The van der Waals surface area contributed by atoms with E-state index in [0.29, 0.717) is 23.7 Å². The molecule has 1 unspecified atom stereocenters. The van der Waals surface area contributed by atoms with Crippen LogP contribution in [0, 0.1) is 0 Å². The Morgan fingerprint density at radius 2 is 2.00 bits per heavy atom. The minimum atomic E-state index is -1.19. The van der Waals surface area contributed by atoms with Crippen LogP contribution in [0.3, 0.4) is 0 Å². The van der Waals surface area contributed by atoms with Crippen LogP contribution in [-0.2, 0) is 24.8 Å². The van der Waals surface area contributed by atoms with Crippen LogP contribution in [0.2, 0.25) is 0 Å². The Bertz CT molecular complexity index is 344. The molecule has 0 aromatic carbocycles. The van der Waals surface area contributed by atoms with Gasteiger partial charge >= 0.3 is 5.97 Å². The van der Waals surface area contributed by atoms with E-state index in [4.69, 9.17) is 17.0 Å². The first-order valence-electron chi connectivity index (χ1n) is 5.52. The largest absolute Gasteiger partial charge is 0.461 e. The summed E-state index contributed by atoms with van der Waals surface area (Å²) in [6, 6.07) is 0. The van der Waals surface area contributed by atoms with Crippen molar-refractivity contribution in [1.82, 2.24) is 0 Å². The fourth-order valence-corrected chi connectivity index (χ4v) is 3.69. The van der Waals surface area contributed by atoms with Gasteiger partial charge in [0.25, 0.3) is 0 Å². The second-order valence-electron chi connectivity index (χ2n) is 3.39. The predicted octanol–water partition coefficient (Wildman–Crippen LogP) is 2.56. The van der Waals surface area contributed by atoms with E-state index >= 15 is 0 Å². The number of carbonyl (C=O) groups is 1. The quantitative estimate of drug-likeness (QED) is 0.276. The molecule has 0 saturated heterocycles. The van der Waals surface area contributed by atoms with Gasteiger partial charge in [-0.3, -0.25) is 4.18 Å². The Labute approximate surface area is 130 Å². The zero-order valence-corrected chi connectivity index (χ0v) is 14.3. The van der Waals surface area contributed by atoms with Crippen LogP contribution in [0.4, 0.5) is 0 Å². The number of thiocarbonyl (C=S) groups is 1. The van der Waals surface area contributed by atoms with Crippen molar-refractivity contribution in [3.63, 3.8) is 0 Å². The molecular formula is C11H18O4S4. The Morgan fingerprint density at radius 1 is 1.37 bits per heavy atom. The summed E-state index contributed by atoms with van der Waals surface area (Å²) >= 11 is 6.98. The van der Waals surface area contributed by atoms with Gasteiger partial charge in [0.15, 0.2) is 11.1 Å². The zero-order valence-electron chi connectivity index (χ0n) is 11.0. The molecule has 0 radical (unpaired) electrons. The molecule has 0 aliphatic heterocycles. The summed E-state index contributed by atoms with van der Waals surface area (Å²) in [5.74, 6) is 1.59. The molecule has 0 spiro atoms. The highest BCUT2D eigenvalue weighted by Crippen LogP contribution is 2.18. The molecule has 0 aliphatic rings. The predicted molar refractivity (Wildman–Crippen MR) is 87.9 cm³/mol. The van der Waals surface area contributed by atoms with Crippen molar-refractivity contribution in [2.24, 2.45) is 0 Å². The van der Waals surface area contributed by atoms with Crippen LogP contribution >= 0.6 is 35.7 Å². The molecular weight excluding hydrogens is 324 g/mol. The van der Waals surface area contributed by atoms with Crippen LogP contribution in [0.5, 0.6) is 0 Å². The first-order chi connectivity index (χ1) is 8.97. The van der Waals surface area contributed by atoms with Gasteiger partial charge in [-0.25, -0.2) is 9.00 Å². The van der Waals surface area contributed by atoms with Crippen molar-refractivity contribution >= 4 is 56.3 Å². The van der Waals surface area contributed by atoms with Crippen molar-refractivity contribution < 1.29 is 17.9 Å². The van der Waals surface area contributed by atoms with Gasteiger partial charge in [0.2, 0.25) is 0 Å². The molecule has 110 valence electrons. The van der Waals surface area contributed by atoms with E-state index in [9.17, 15) is 9.00 Å². The lowest BCUT2D eigenvalue weighted by molar-refractivity contribution is -0.138. The van der Waals surface area contributed by atoms with E-state index in [1.54, 1.807) is 18.7 Å². The lowest BCUT2D eigenvalue weighted by atomic mass is 10.4. The SMILES string of the molecule is C=C(C)C(=O)OCCSC(=S)SCCCS(=O)OC. The van der Waals surface area contributed by atoms with Gasteiger partial charge < -0.3 is 4.74 Å². The highest BCUT2D eigenvalue weighted by Gasteiger charge is 2.04. The molecule has 0 aromatic heterocycles. The summed E-state index contributed by atoms with van der Waals surface area (Å²) in [5.41, 5.74) is 0.396.